The van der Waals surface area contributed by atoms with Crippen molar-refractivity contribution >= 4 is 27.3 Å². The van der Waals surface area contributed by atoms with E-state index in [0.717, 1.165) is 10.2 Å². The van der Waals surface area contributed by atoms with Gasteiger partial charge in [0.05, 0.1) is 3.79 Å². The van der Waals surface area contributed by atoms with Gasteiger partial charge in [-0.3, -0.25) is 0 Å². The second-order valence-corrected chi connectivity index (χ2v) is 3.93. The monoisotopic (exact) mass is 200 g/mol. The molecule has 0 unspecified atom stereocenters. The Hall–Kier alpha value is -0.260. The first-order valence-electron chi connectivity index (χ1n) is 2.49. The van der Waals surface area contributed by atoms with Gasteiger partial charge in [-0.15, -0.1) is 23.7 Å². The number of rotatable bonds is 1. The number of hydrogen-bond acceptors (Lipinski definition) is 1. The van der Waals surface area contributed by atoms with Crippen LogP contribution in [-0.2, 0) is 6.42 Å². The molecule has 1 aromatic heterocycles. The van der Waals surface area contributed by atoms with Gasteiger partial charge in [0, 0.05) is 6.42 Å². The summed E-state index contributed by atoms with van der Waals surface area (Å²) in [5.41, 5.74) is 1.22. The number of halogens is 1. The first-order valence-corrected chi connectivity index (χ1v) is 4.16. The van der Waals surface area contributed by atoms with Crippen molar-refractivity contribution in [2.45, 2.75) is 6.42 Å². The van der Waals surface area contributed by atoms with Crippen LogP contribution in [0, 0.1) is 12.3 Å². The van der Waals surface area contributed by atoms with E-state index < -0.39 is 0 Å². The molecule has 2 heteroatoms. The highest BCUT2D eigenvalue weighted by atomic mass is 79.9. The lowest BCUT2D eigenvalue weighted by Gasteiger charge is -1.79. The molecule has 1 aromatic rings. The molecule has 9 heavy (non-hydrogen) atoms. The van der Waals surface area contributed by atoms with Gasteiger partial charge < -0.3 is 0 Å². The van der Waals surface area contributed by atoms with Gasteiger partial charge in [0.15, 0.2) is 0 Å². The predicted molar refractivity (Wildman–Crippen MR) is 44.6 cm³/mol. The summed E-state index contributed by atoms with van der Waals surface area (Å²) in [4.78, 5) is 0. The van der Waals surface area contributed by atoms with Crippen molar-refractivity contribution in [3.63, 3.8) is 0 Å². The van der Waals surface area contributed by atoms with E-state index in [2.05, 4.69) is 27.2 Å². The van der Waals surface area contributed by atoms with Crippen molar-refractivity contribution in [3.8, 4) is 12.3 Å². The summed E-state index contributed by atoms with van der Waals surface area (Å²) in [6.07, 6.45) is 5.85. The Morgan fingerprint density at radius 2 is 2.56 bits per heavy atom. The maximum atomic E-state index is 5.11. The third kappa shape index (κ3) is 1.85. The van der Waals surface area contributed by atoms with E-state index >= 15 is 0 Å². The molecule has 0 nitrogen and oxygen atoms in total. The van der Waals surface area contributed by atoms with Crippen molar-refractivity contribution in [1.29, 1.82) is 0 Å². The van der Waals surface area contributed by atoms with Crippen LogP contribution in [0.15, 0.2) is 15.2 Å². The van der Waals surface area contributed by atoms with Gasteiger partial charge in [-0.2, -0.15) is 0 Å². The Morgan fingerprint density at radius 3 is 3.00 bits per heavy atom. The van der Waals surface area contributed by atoms with E-state index in [1.165, 1.54) is 5.56 Å². The van der Waals surface area contributed by atoms with Crippen molar-refractivity contribution < 1.29 is 0 Å². The second-order valence-electron chi connectivity index (χ2n) is 1.64. The minimum Gasteiger partial charge on any atom is -0.137 e. The van der Waals surface area contributed by atoms with Gasteiger partial charge in [0.2, 0.25) is 0 Å². The van der Waals surface area contributed by atoms with Crippen molar-refractivity contribution in [1.82, 2.24) is 0 Å². The Bertz CT molecular complexity index is 231. The largest absolute Gasteiger partial charge is 0.137 e. The first-order chi connectivity index (χ1) is 4.33. The van der Waals surface area contributed by atoms with Crippen molar-refractivity contribution in [3.05, 3.63) is 20.8 Å². The molecule has 0 N–H and O–H groups in total. The van der Waals surface area contributed by atoms with Crippen LogP contribution >= 0.6 is 27.3 Å². The molecule has 0 aliphatic heterocycles. The van der Waals surface area contributed by atoms with Crippen LogP contribution in [0.25, 0.3) is 0 Å². The fourth-order valence-electron chi connectivity index (χ4n) is 0.556. The molecule has 0 bridgehead atoms. The fraction of sp³-hybridized carbons (Fsp3) is 0.143. The number of thiophene rings is 1. The van der Waals surface area contributed by atoms with E-state index in [0.29, 0.717) is 0 Å². The fourth-order valence-corrected chi connectivity index (χ4v) is 1.77. The molecule has 0 spiro atoms. The molecule has 46 valence electrons. The van der Waals surface area contributed by atoms with E-state index in [9.17, 15) is 0 Å². The van der Waals surface area contributed by atoms with Crippen LogP contribution in [0.3, 0.4) is 0 Å². The zero-order valence-corrected chi connectivity index (χ0v) is 7.13. The summed E-state index contributed by atoms with van der Waals surface area (Å²) in [5.74, 6) is 2.58. The maximum Gasteiger partial charge on any atom is 0.0701 e. The molecule has 0 saturated heterocycles. The van der Waals surface area contributed by atoms with Crippen LogP contribution < -0.4 is 0 Å². The molecule has 1 rings (SSSR count). The summed E-state index contributed by atoms with van der Waals surface area (Å²) < 4.78 is 1.15. The first kappa shape index (κ1) is 6.85. The molecule has 0 amide bonds. The van der Waals surface area contributed by atoms with Crippen molar-refractivity contribution in [2.75, 3.05) is 0 Å². The summed E-state index contributed by atoms with van der Waals surface area (Å²) >= 11 is 5.02. The number of hydrogen-bond donors (Lipinski definition) is 0. The molecule has 0 fully saturated rings. The summed E-state index contributed by atoms with van der Waals surface area (Å²) in [7, 11) is 0. The topological polar surface area (TPSA) is 0 Å². The summed E-state index contributed by atoms with van der Waals surface area (Å²) in [5, 5.41) is 2.06. The van der Waals surface area contributed by atoms with E-state index in [1.54, 1.807) is 11.3 Å². The van der Waals surface area contributed by atoms with Gasteiger partial charge in [-0.1, -0.05) is 0 Å². The molecule has 0 radical (unpaired) electrons. The normalized spacial score (nSPS) is 8.89. The Morgan fingerprint density at radius 1 is 1.78 bits per heavy atom. The molecule has 0 aliphatic carbocycles. The molecule has 1 heterocycles. The third-order valence-electron chi connectivity index (χ3n) is 0.928. The lowest BCUT2D eigenvalue weighted by molar-refractivity contribution is 1.36. The molecule has 0 atom stereocenters. The lowest BCUT2D eigenvalue weighted by Crippen LogP contribution is -1.70. The highest BCUT2D eigenvalue weighted by Crippen LogP contribution is 2.20. The molecule has 0 aliphatic rings. The van der Waals surface area contributed by atoms with Crippen LogP contribution in [0.2, 0.25) is 0 Å². The molecule has 0 aromatic carbocycles. The van der Waals surface area contributed by atoms with Gasteiger partial charge >= 0.3 is 0 Å². The highest BCUT2D eigenvalue weighted by molar-refractivity contribution is 9.11. The van der Waals surface area contributed by atoms with Gasteiger partial charge in [-0.25, -0.2) is 0 Å². The maximum absolute atomic E-state index is 5.11. The zero-order valence-electron chi connectivity index (χ0n) is 4.73. The SMILES string of the molecule is C#CCc1csc(Br)c1. The Labute approximate surface area is 67.0 Å². The second kappa shape index (κ2) is 3.05. The Balaban J connectivity index is 2.76. The quantitative estimate of drug-likeness (QED) is 0.612. The smallest absolute Gasteiger partial charge is 0.0701 e. The van der Waals surface area contributed by atoms with Crippen molar-refractivity contribution in [2.24, 2.45) is 0 Å². The predicted octanol–water partition coefficient (Wildman–Crippen LogP) is 2.69. The Kier molecular flexibility index (Phi) is 2.32. The highest BCUT2D eigenvalue weighted by Gasteiger charge is 1.92. The third-order valence-corrected chi connectivity index (χ3v) is 2.48. The summed E-state index contributed by atoms with van der Waals surface area (Å²) in [6, 6.07) is 2.05. The van der Waals surface area contributed by atoms with Gasteiger partial charge in [0.25, 0.3) is 0 Å². The van der Waals surface area contributed by atoms with Crippen LogP contribution in [-0.4, -0.2) is 0 Å². The summed E-state index contributed by atoms with van der Waals surface area (Å²) in [6.45, 7) is 0. The minimum absolute atomic E-state index is 0.738. The van der Waals surface area contributed by atoms with Gasteiger partial charge in [0.1, 0.15) is 0 Å². The average Bonchev–Trinajstić information content (AvgIpc) is 2.17. The average molecular weight is 201 g/mol. The molecular formula is C7H5BrS. The van der Waals surface area contributed by atoms with Crippen LogP contribution in [0.4, 0.5) is 0 Å². The van der Waals surface area contributed by atoms with Crippen LogP contribution in [0.1, 0.15) is 5.56 Å². The molecule has 0 saturated carbocycles. The number of terminal acetylenes is 1. The van der Waals surface area contributed by atoms with Crippen LogP contribution in [0.5, 0.6) is 0 Å². The molecular weight excluding hydrogens is 196 g/mol. The van der Waals surface area contributed by atoms with E-state index in [4.69, 9.17) is 6.42 Å². The minimum atomic E-state index is 0.738. The standard InChI is InChI=1S/C7H5BrS/c1-2-3-6-4-7(8)9-5-6/h1,4-5H,3H2. The van der Waals surface area contributed by atoms with Gasteiger partial charge in [-0.05, 0) is 32.9 Å². The van der Waals surface area contributed by atoms with E-state index in [-0.39, 0.29) is 0 Å². The van der Waals surface area contributed by atoms with E-state index in [1.807, 2.05) is 6.07 Å². The lowest BCUT2D eigenvalue weighted by atomic mass is 10.3. The zero-order chi connectivity index (χ0) is 6.69.